The van der Waals surface area contributed by atoms with Gasteiger partial charge in [0.25, 0.3) is 0 Å². The third kappa shape index (κ3) is 45.5. The van der Waals surface area contributed by atoms with Crippen LogP contribution in [0.4, 0.5) is 0 Å². The normalized spacial score (nSPS) is 14.1. The summed E-state index contributed by atoms with van der Waals surface area (Å²) in [6.45, 7) is 5.57. The number of hydrogen-bond donors (Lipinski definition) is 1. The molecule has 0 aliphatic carbocycles. The third-order valence-corrected chi connectivity index (χ3v) is 11.1. The van der Waals surface area contributed by atoms with Gasteiger partial charge in [-0.15, -0.1) is 0 Å². The molecular weight excluding hydrogens is 746 g/mol. The molecule has 2 atom stereocenters. The number of carbonyl (C=O) groups excluding carboxylic acids is 1. The van der Waals surface area contributed by atoms with Crippen molar-refractivity contribution in [1.29, 1.82) is 0 Å². The second-order valence-electron chi connectivity index (χ2n) is 17.1. The van der Waals surface area contributed by atoms with Crippen LogP contribution in [0.25, 0.3) is 0 Å². The van der Waals surface area contributed by atoms with E-state index in [1.807, 2.05) is 21.1 Å². The van der Waals surface area contributed by atoms with Gasteiger partial charge in [-0.05, 0) is 77.0 Å². The number of quaternary nitrogens is 1. The summed E-state index contributed by atoms with van der Waals surface area (Å²) in [6.07, 6.45) is 51.4. The number of esters is 1. The zero-order chi connectivity index (χ0) is 42.7. The quantitative estimate of drug-likeness (QED) is 0.0215. The van der Waals surface area contributed by atoms with E-state index in [1.54, 1.807) is 0 Å². The molecule has 9 heteroatoms. The number of ether oxygens (including phenoxy) is 2. The number of hydrogen-bond acceptors (Lipinski definition) is 6. The number of phosphoric acid groups is 1. The van der Waals surface area contributed by atoms with Crippen LogP contribution in [0, 0.1) is 0 Å². The highest BCUT2D eigenvalue weighted by Gasteiger charge is 2.26. The molecule has 0 aromatic heterocycles. The van der Waals surface area contributed by atoms with E-state index in [2.05, 4.69) is 62.5 Å². The summed E-state index contributed by atoms with van der Waals surface area (Å²) in [5, 5.41) is 0. The largest absolute Gasteiger partial charge is 0.472 e. The van der Waals surface area contributed by atoms with Crippen molar-refractivity contribution < 1.29 is 37.3 Å². The van der Waals surface area contributed by atoms with Crippen LogP contribution in [0.1, 0.15) is 200 Å². The summed E-state index contributed by atoms with van der Waals surface area (Å²) in [6, 6.07) is 0. The van der Waals surface area contributed by atoms with E-state index < -0.39 is 13.9 Å². The Morgan fingerprint density at radius 3 is 1.47 bits per heavy atom. The Hall–Kier alpha value is -1.54. The SMILES string of the molecule is CCCCC/C=C\C/C=C\C/C=C\CCCCCCCCC(=O)OC(COCCCCCCCC/C=C\CCCCCCCCC)COP(=O)(O)OCC[N+](C)(C)C. The molecule has 0 radical (unpaired) electrons. The molecule has 58 heavy (non-hydrogen) atoms. The molecule has 0 aliphatic rings. The first kappa shape index (κ1) is 56.5. The van der Waals surface area contributed by atoms with Gasteiger partial charge in [0.1, 0.15) is 19.3 Å². The zero-order valence-electron chi connectivity index (χ0n) is 38.5. The van der Waals surface area contributed by atoms with Gasteiger partial charge in [0.05, 0.1) is 34.4 Å². The monoisotopic (exact) mass is 839 g/mol. The van der Waals surface area contributed by atoms with Crippen LogP contribution < -0.4 is 0 Å². The molecule has 0 rings (SSSR count). The van der Waals surface area contributed by atoms with Gasteiger partial charge in [-0.2, -0.15) is 0 Å². The van der Waals surface area contributed by atoms with E-state index in [9.17, 15) is 14.3 Å². The summed E-state index contributed by atoms with van der Waals surface area (Å²) < 4.78 is 35.1. The highest BCUT2D eigenvalue weighted by atomic mass is 31.2. The lowest BCUT2D eigenvalue weighted by Gasteiger charge is -2.24. The first-order valence-corrected chi connectivity index (χ1v) is 25.4. The predicted octanol–water partition coefficient (Wildman–Crippen LogP) is 14.3. The van der Waals surface area contributed by atoms with Crippen molar-refractivity contribution in [2.24, 2.45) is 0 Å². The van der Waals surface area contributed by atoms with Crippen LogP contribution in [-0.2, 0) is 27.9 Å². The van der Waals surface area contributed by atoms with Gasteiger partial charge in [-0.1, -0.05) is 165 Å². The number of nitrogens with zero attached hydrogens (tertiary/aromatic N) is 1. The van der Waals surface area contributed by atoms with E-state index in [1.165, 1.54) is 122 Å². The number of unbranched alkanes of at least 4 members (excludes halogenated alkanes) is 22. The average molecular weight is 839 g/mol. The standard InChI is InChI=1S/C49H92NO7P/c1-6-8-10-12-14-16-18-20-22-24-25-26-28-30-32-34-36-38-40-42-49(51)57-48(47-56-58(52,53)55-45-43-50(3,4)5)46-54-44-41-39-37-35-33-31-29-27-23-21-19-17-15-13-11-9-7-2/h14,16,20,22-23,25-27,48H,6-13,15,17-19,21,24,28-47H2,1-5H3/p+1/b16-14-,22-20-,26-25-,27-23-. The van der Waals surface area contributed by atoms with Crippen molar-refractivity contribution in [3.05, 3.63) is 48.6 Å². The Balaban J connectivity index is 4.24. The average Bonchev–Trinajstić information content (AvgIpc) is 3.18. The Morgan fingerprint density at radius 2 is 0.948 bits per heavy atom. The smallest absolute Gasteiger partial charge is 0.457 e. The van der Waals surface area contributed by atoms with Crippen LogP contribution in [0.2, 0.25) is 0 Å². The lowest BCUT2D eigenvalue weighted by Crippen LogP contribution is -2.37. The molecule has 0 saturated heterocycles. The Bertz CT molecular complexity index is 1070. The number of phosphoric ester groups is 1. The van der Waals surface area contributed by atoms with Crippen molar-refractivity contribution in [2.75, 3.05) is 54.1 Å². The molecule has 340 valence electrons. The second kappa shape index (κ2) is 42.2. The third-order valence-electron chi connectivity index (χ3n) is 10.1. The minimum atomic E-state index is -4.28. The molecule has 0 heterocycles. The molecule has 0 amide bonds. The molecule has 0 spiro atoms. The summed E-state index contributed by atoms with van der Waals surface area (Å²) >= 11 is 0. The second-order valence-corrected chi connectivity index (χ2v) is 18.6. The van der Waals surface area contributed by atoms with Gasteiger partial charge < -0.3 is 18.9 Å². The summed E-state index contributed by atoms with van der Waals surface area (Å²) in [5.41, 5.74) is 0. The van der Waals surface area contributed by atoms with Gasteiger partial charge in [0.2, 0.25) is 0 Å². The molecule has 0 aliphatic heterocycles. The van der Waals surface area contributed by atoms with Crippen LogP contribution in [0.15, 0.2) is 48.6 Å². The number of allylic oxidation sites excluding steroid dienone is 8. The maximum Gasteiger partial charge on any atom is 0.472 e. The summed E-state index contributed by atoms with van der Waals surface area (Å²) in [5.74, 6) is -0.328. The molecule has 0 bridgehead atoms. The van der Waals surface area contributed by atoms with Crippen LogP contribution in [0.3, 0.4) is 0 Å². The Kier molecular flexibility index (Phi) is 41.0. The maximum absolute atomic E-state index is 12.7. The molecule has 0 saturated carbocycles. The van der Waals surface area contributed by atoms with Gasteiger partial charge in [0, 0.05) is 13.0 Å². The zero-order valence-corrected chi connectivity index (χ0v) is 39.4. The van der Waals surface area contributed by atoms with Crippen molar-refractivity contribution in [1.82, 2.24) is 0 Å². The number of carbonyl (C=O) groups is 1. The fourth-order valence-electron chi connectivity index (χ4n) is 6.38. The van der Waals surface area contributed by atoms with Crippen LogP contribution in [-0.4, -0.2) is 75.6 Å². The van der Waals surface area contributed by atoms with Crippen molar-refractivity contribution in [3.63, 3.8) is 0 Å². The topological polar surface area (TPSA) is 91.3 Å². The van der Waals surface area contributed by atoms with Crippen LogP contribution in [0.5, 0.6) is 0 Å². The predicted molar refractivity (Wildman–Crippen MR) is 247 cm³/mol. The lowest BCUT2D eigenvalue weighted by molar-refractivity contribution is -0.870. The van der Waals surface area contributed by atoms with Gasteiger partial charge in [0.15, 0.2) is 0 Å². The molecule has 1 N–H and O–H groups in total. The number of likely N-dealkylation sites (N-methyl/N-ethyl adjacent to an activating group) is 1. The molecule has 0 aromatic rings. The summed E-state index contributed by atoms with van der Waals surface area (Å²) in [7, 11) is 1.65. The van der Waals surface area contributed by atoms with E-state index in [4.69, 9.17) is 18.5 Å². The molecule has 0 fully saturated rings. The minimum absolute atomic E-state index is 0.0834. The van der Waals surface area contributed by atoms with Gasteiger partial charge in [-0.25, -0.2) is 4.57 Å². The first-order valence-electron chi connectivity index (χ1n) is 23.9. The lowest BCUT2D eigenvalue weighted by atomic mass is 10.1. The minimum Gasteiger partial charge on any atom is -0.457 e. The fraction of sp³-hybridized carbons (Fsp3) is 0.816. The molecular formula is C49H93NO7P+. The highest BCUT2D eigenvalue weighted by Crippen LogP contribution is 2.43. The van der Waals surface area contributed by atoms with Gasteiger partial charge in [-0.3, -0.25) is 13.8 Å². The van der Waals surface area contributed by atoms with E-state index >= 15 is 0 Å². The summed E-state index contributed by atoms with van der Waals surface area (Å²) in [4.78, 5) is 22.9. The van der Waals surface area contributed by atoms with Crippen LogP contribution >= 0.6 is 7.82 Å². The maximum atomic E-state index is 12.7. The van der Waals surface area contributed by atoms with E-state index in [0.29, 0.717) is 24.1 Å². The Labute approximate surface area is 358 Å². The molecule has 8 nitrogen and oxygen atoms in total. The fourth-order valence-corrected chi connectivity index (χ4v) is 7.12. The molecule has 2 unspecified atom stereocenters. The van der Waals surface area contributed by atoms with Crippen molar-refractivity contribution >= 4 is 13.8 Å². The highest BCUT2D eigenvalue weighted by molar-refractivity contribution is 7.47. The van der Waals surface area contributed by atoms with Crippen molar-refractivity contribution in [3.8, 4) is 0 Å². The molecule has 0 aromatic carbocycles. The number of rotatable bonds is 44. The van der Waals surface area contributed by atoms with Crippen molar-refractivity contribution in [2.45, 2.75) is 206 Å². The Morgan fingerprint density at radius 1 is 0.534 bits per heavy atom. The van der Waals surface area contributed by atoms with Gasteiger partial charge >= 0.3 is 13.8 Å². The van der Waals surface area contributed by atoms with E-state index in [0.717, 1.165) is 57.8 Å². The first-order chi connectivity index (χ1) is 28.1. The van der Waals surface area contributed by atoms with E-state index in [-0.39, 0.29) is 25.8 Å².